The first-order valence-corrected chi connectivity index (χ1v) is 8.42. The summed E-state index contributed by atoms with van der Waals surface area (Å²) in [7, 11) is 0. The Morgan fingerprint density at radius 2 is 1.32 bits per heavy atom. The molecule has 0 aliphatic carbocycles. The number of aryl methyl sites for hydroxylation is 1. The second-order valence-electron chi connectivity index (χ2n) is 6.07. The van der Waals surface area contributed by atoms with E-state index in [2.05, 4.69) is 10.6 Å². The Labute approximate surface area is 148 Å². The van der Waals surface area contributed by atoms with Gasteiger partial charge in [0.2, 0.25) is 0 Å². The molecule has 3 rings (SSSR count). The highest BCUT2D eigenvalue weighted by Crippen LogP contribution is 2.21. The second-order valence-corrected chi connectivity index (χ2v) is 6.07. The van der Waals surface area contributed by atoms with Crippen LogP contribution in [0.25, 0.3) is 0 Å². The van der Waals surface area contributed by atoms with Crippen LogP contribution in [-0.2, 0) is 6.54 Å². The summed E-state index contributed by atoms with van der Waals surface area (Å²) >= 11 is 0. The monoisotopic (exact) mass is 330 g/mol. The predicted octanol–water partition coefficient (Wildman–Crippen LogP) is 4.58. The van der Waals surface area contributed by atoms with E-state index in [1.165, 1.54) is 5.56 Å². The Morgan fingerprint density at radius 1 is 0.800 bits per heavy atom. The highest BCUT2D eigenvalue weighted by molar-refractivity contribution is 5.75. The summed E-state index contributed by atoms with van der Waals surface area (Å²) in [4.78, 5) is 12.4. The molecule has 0 bridgehead atoms. The summed E-state index contributed by atoms with van der Waals surface area (Å²) < 4.78 is 0. The van der Waals surface area contributed by atoms with Gasteiger partial charge in [-0.2, -0.15) is 0 Å². The van der Waals surface area contributed by atoms with E-state index in [4.69, 9.17) is 0 Å². The lowest BCUT2D eigenvalue weighted by atomic mass is 9.99. The minimum atomic E-state index is -0.182. The van der Waals surface area contributed by atoms with Crippen molar-refractivity contribution in [1.82, 2.24) is 10.6 Å². The van der Waals surface area contributed by atoms with Crippen molar-refractivity contribution in [2.24, 2.45) is 0 Å². The van der Waals surface area contributed by atoms with Gasteiger partial charge in [0, 0.05) is 6.54 Å². The normalized spacial score (nSPS) is 10.5. The van der Waals surface area contributed by atoms with E-state index in [1.807, 2.05) is 91.9 Å². The predicted molar refractivity (Wildman–Crippen MR) is 101 cm³/mol. The topological polar surface area (TPSA) is 41.1 Å². The largest absolute Gasteiger partial charge is 0.334 e. The number of amides is 2. The molecule has 0 spiro atoms. The molecule has 0 aliphatic rings. The van der Waals surface area contributed by atoms with Crippen LogP contribution in [0.3, 0.4) is 0 Å². The summed E-state index contributed by atoms with van der Waals surface area (Å²) in [6, 6.07) is 27.8. The molecule has 126 valence electrons. The van der Waals surface area contributed by atoms with E-state index in [1.54, 1.807) is 0 Å². The zero-order valence-electron chi connectivity index (χ0n) is 14.3. The third-order valence-corrected chi connectivity index (χ3v) is 4.11. The zero-order chi connectivity index (χ0) is 17.5. The standard InChI is InChI=1S/C22H22N2O/c1-17-12-14-18(15-13-17)16-23-22(25)24-21(19-8-4-2-5-9-19)20-10-6-3-7-11-20/h2-15,21H,16H2,1H3,(H2,23,24,25). The quantitative estimate of drug-likeness (QED) is 0.706. The molecule has 0 radical (unpaired) electrons. The molecule has 0 saturated heterocycles. The molecule has 0 saturated carbocycles. The smallest absolute Gasteiger partial charge is 0.315 e. The highest BCUT2D eigenvalue weighted by Gasteiger charge is 2.16. The first kappa shape index (κ1) is 16.8. The number of hydrogen-bond acceptors (Lipinski definition) is 1. The molecule has 0 atom stereocenters. The van der Waals surface area contributed by atoms with E-state index in [0.29, 0.717) is 6.54 Å². The lowest BCUT2D eigenvalue weighted by Crippen LogP contribution is -2.38. The van der Waals surface area contributed by atoms with E-state index in [-0.39, 0.29) is 12.1 Å². The van der Waals surface area contributed by atoms with Crippen LogP contribution < -0.4 is 10.6 Å². The molecule has 2 N–H and O–H groups in total. The maximum Gasteiger partial charge on any atom is 0.315 e. The number of carbonyl (C=O) groups excluding carboxylic acids is 1. The van der Waals surface area contributed by atoms with Gasteiger partial charge in [0.25, 0.3) is 0 Å². The Bertz CT molecular complexity index is 759. The van der Waals surface area contributed by atoms with Crippen LogP contribution in [0.4, 0.5) is 4.79 Å². The molecule has 0 aromatic heterocycles. The van der Waals surface area contributed by atoms with Crippen molar-refractivity contribution in [2.45, 2.75) is 19.5 Å². The molecule has 3 nitrogen and oxygen atoms in total. The van der Waals surface area contributed by atoms with Gasteiger partial charge in [0.15, 0.2) is 0 Å². The fourth-order valence-corrected chi connectivity index (χ4v) is 2.72. The molecule has 0 unspecified atom stereocenters. The van der Waals surface area contributed by atoms with Gasteiger partial charge in [-0.3, -0.25) is 0 Å². The number of rotatable bonds is 5. The Kier molecular flexibility index (Phi) is 5.47. The third-order valence-electron chi connectivity index (χ3n) is 4.11. The molecular formula is C22H22N2O. The van der Waals surface area contributed by atoms with E-state index in [0.717, 1.165) is 16.7 Å². The van der Waals surface area contributed by atoms with Crippen LogP contribution in [-0.4, -0.2) is 6.03 Å². The summed E-state index contributed by atoms with van der Waals surface area (Å²) in [5, 5.41) is 6.02. The van der Waals surface area contributed by atoms with Crippen LogP contribution in [0.5, 0.6) is 0 Å². The van der Waals surface area contributed by atoms with Crippen molar-refractivity contribution in [1.29, 1.82) is 0 Å². The van der Waals surface area contributed by atoms with Crippen LogP contribution in [0.2, 0.25) is 0 Å². The van der Waals surface area contributed by atoms with Gasteiger partial charge in [-0.05, 0) is 23.6 Å². The van der Waals surface area contributed by atoms with Gasteiger partial charge in [0.05, 0.1) is 6.04 Å². The lowest BCUT2D eigenvalue weighted by molar-refractivity contribution is 0.238. The Hall–Kier alpha value is -3.07. The average Bonchev–Trinajstić information content (AvgIpc) is 2.67. The zero-order valence-corrected chi connectivity index (χ0v) is 14.3. The van der Waals surface area contributed by atoms with Crippen LogP contribution in [0.1, 0.15) is 28.3 Å². The minimum Gasteiger partial charge on any atom is -0.334 e. The van der Waals surface area contributed by atoms with Crippen molar-refractivity contribution in [2.75, 3.05) is 0 Å². The van der Waals surface area contributed by atoms with E-state index >= 15 is 0 Å². The second kappa shape index (κ2) is 8.15. The molecule has 0 fully saturated rings. The fourth-order valence-electron chi connectivity index (χ4n) is 2.72. The molecule has 3 aromatic carbocycles. The van der Waals surface area contributed by atoms with Crippen molar-refractivity contribution < 1.29 is 4.79 Å². The first-order chi connectivity index (χ1) is 12.2. The molecule has 3 aromatic rings. The molecule has 3 heteroatoms. The molecule has 0 aliphatic heterocycles. The maximum atomic E-state index is 12.4. The lowest BCUT2D eigenvalue weighted by Gasteiger charge is -2.20. The summed E-state index contributed by atoms with van der Waals surface area (Å²) in [6.45, 7) is 2.55. The highest BCUT2D eigenvalue weighted by atomic mass is 16.2. The molecule has 2 amide bonds. The Balaban J connectivity index is 1.69. The molecule has 25 heavy (non-hydrogen) atoms. The van der Waals surface area contributed by atoms with Gasteiger partial charge in [-0.15, -0.1) is 0 Å². The van der Waals surface area contributed by atoms with Crippen molar-refractivity contribution in [3.63, 3.8) is 0 Å². The van der Waals surface area contributed by atoms with Gasteiger partial charge in [-0.25, -0.2) is 4.79 Å². The fraction of sp³-hybridized carbons (Fsp3) is 0.136. The van der Waals surface area contributed by atoms with Crippen LogP contribution in [0.15, 0.2) is 84.9 Å². The van der Waals surface area contributed by atoms with E-state index in [9.17, 15) is 4.79 Å². The van der Waals surface area contributed by atoms with Gasteiger partial charge in [-0.1, -0.05) is 90.5 Å². The minimum absolute atomic E-state index is 0.180. The number of carbonyl (C=O) groups is 1. The summed E-state index contributed by atoms with van der Waals surface area (Å²) in [6.07, 6.45) is 0. The maximum absolute atomic E-state index is 12.4. The van der Waals surface area contributed by atoms with Crippen LogP contribution >= 0.6 is 0 Å². The van der Waals surface area contributed by atoms with Crippen molar-refractivity contribution in [3.8, 4) is 0 Å². The SMILES string of the molecule is Cc1ccc(CNC(=O)NC(c2ccccc2)c2ccccc2)cc1. The van der Waals surface area contributed by atoms with E-state index < -0.39 is 0 Å². The number of benzene rings is 3. The van der Waals surface area contributed by atoms with Crippen molar-refractivity contribution >= 4 is 6.03 Å². The van der Waals surface area contributed by atoms with Gasteiger partial charge >= 0.3 is 6.03 Å². The van der Waals surface area contributed by atoms with Crippen LogP contribution in [0, 0.1) is 6.92 Å². The summed E-state index contributed by atoms with van der Waals surface area (Å²) in [5.41, 5.74) is 4.40. The number of urea groups is 1. The van der Waals surface area contributed by atoms with Gasteiger partial charge in [0.1, 0.15) is 0 Å². The average molecular weight is 330 g/mol. The number of hydrogen-bond donors (Lipinski definition) is 2. The Morgan fingerprint density at radius 3 is 1.84 bits per heavy atom. The third kappa shape index (κ3) is 4.70. The molecular weight excluding hydrogens is 308 g/mol. The van der Waals surface area contributed by atoms with Crippen molar-refractivity contribution in [3.05, 3.63) is 107 Å². The number of nitrogens with one attached hydrogen (secondary N) is 2. The molecule has 0 heterocycles. The van der Waals surface area contributed by atoms with Gasteiger partial charge < -0.3 is 10.6 Å². The first-order valence-electron chi connectivity index (χ1n) is 8.42. The summed E-state index contributed by atoms with van der Waals surface area (Å²) in [5.74, 6) is 0.